The number of nitrogens with zero attached hydrogens (tertiary/aromatic N) is 6. The molecule has 5 unspecified atom stereocenters. The first-order valence-electron chi connectivity index (χ1n) is 16.3. The van der Waals surface area contributed by atoms with Gasteiger partial charge < -0.3 is 65.1 Å². The Bertz CT molecular complexity index is 2210. The van der Waals surface area contributed by atoms with Crippen LogP contribution in [0.25, 0.3) is 11.2 Å². The van der Waals surface area contributed by atoms with Crippen molar-refractivity contribution in [2.45, 2.75) is 69.0 Å². The van der Waals surface area contributed by atoms with E-state index in [2.05, 4.69) is 33.5 Å². The largest absolute Gasteiger partial charge is 0.490 e. The third-order valence-corrected chi connectivity index (χ3v) is 12.7. The monoisotopic (exact) mass is 860 g/mol. The summed E-state index contributed by atoms with van der Waals surface area (Å²) >= 11 is 0. The Morgan fingerprint density at radius 3 is 2.05 bits per heavy atom. The predicted octanol–water partition coefficient (Wildman–Crippen LogP) is -2.20. The number of H-pyrrole nitrogens is 2. The number of aliphatic hydroxyl groups excluding tert-OH is 2. The number of methoxy groups -OCH3 is 1. The molecule has 6 rings (SSSR count). The smallest absolute Gasteiger partial charge is 0.386 e. The van der Waals surface area contributed by atoms with E-state index < -0.39 is 103 Å². The first-order chi connectivity index (χ1) is 26.1. The van der Waals surface area contributed by atoms with E-state index in [1.54, 1.807) is 20.9 Å². The number of phosphoric acid groups is 3. The molecule has 2 saturated heterocycles. The van der Waals surface area contributed by atoms with Gasteiger partial charge in [-0.3, -0.25) is 33.2 Å². The summed E-state index contributed by atoms with van der Waals surface area (Å²) in [5, 5.41) is 22.1. The predicted molar refractivity (Wildman–Crippen MR) is 187 cm³/mol. The number of imidazole rings is 1. The van der Waals surface area contributed by atoms with Crippen LogP contribution in [-0.2, 0) is 50.3 Å². The van der Waals surface area contributed by atoms with Crippen molar-refractivity contribution < 1.29 is 75.2 Å². The standard InChI is InChI=1S/C25H39N10O18P3/c1-9(2)49-17-11(51-22(15(17)37)34-7-28-12-18(34)29-24(26)31-20(12)38)6-48-55(42,43)53-56(44,45)52-54(40,41)47-5-10-16(46-4)14(36)23(50-10)35-8-33(3)13-19(35)30-25(27)32-21(13)39/h7,9-11,14-17,22-23,36-37H,5-6,8H2,1-4H3,(H,40,41)(H,42,43)(H,44,45)(H3,26,29,31,38)(H3,27,30,32,39)/t10-,11-,14?,15+,16+,17?,22-,23-/m1/s1. The van der Waals surface area contributed by atoms with Crippen molar-refractivity contribution in [1.82, 2.24) is 29.5 Å². The van der Waals surface area contributed by atoms with Crippen LogP contribution < -0.4 is 32.4 Å². The van der Waals surface area contributed by atoms with Crippen LogP contribution in [0.15, 0.2) is 15.9 Å². The molecule has 6 heterocycles. The number of aromatic amines is 2. The number of ether oxygens (including phenoxy) is 4. The average Bonchev–Trinajstić information content (AvgIpc) is 3.80. The maximum absolute atomic E-state index is 12.8. The number of fused-ring (bicyclic) bond motifs is 2. The molecule has 0 spiro atoms. The first kappa shape index (κ1) is 42.2. The number of aromatic nitrogens is 6. The van der Waals surface area contributed by atoms with Gasteiger partial charge in [0.2, 0.25) is 11.9 Å². The van der Waals surface area contributed by atoms with Gasteiger partial charge in [-0.05, 0) is 13.8 Å². The zero-order valence-electron chi connectivity index (χ0n) is 29.6. The minimum Gasteiger partial charge on any atom is -0.386 e. The number of hydrogen-bond acceptors (Lipinski definition) is 22. The highest BCUT2D eigenvalue weighted by molar-refractivity contribution is 7.66. The van der Waals surface area contributed by atoms with Crippen LogP contribution >= 0.6 is 23.5 Å². The van der Waals surface area contributed by atoms with Crippen molar-refractivity contribution in [3.63, 3.8) is 0 Å². The molecule has 28 nitrogen and oxygen atoms in total. The van der Waals surface area contributed by atoms with Gasteiger partial charge in [0.1, 0.15) is 42.3 Å². The van der Waals surface area contributed by atoms with Crippen LogP contribution in [0.5, 0.6) is 0 Å². The highest BCUT2D eigenvalue weighted by Crippen LogP contribution is 2.68. The molecule has 0 amide bonds. The van der Waals surface area contributed by atoms with Crippen molar-refractivity contribution in [2.75, 3.05) is 55.3 Å². The van der Waals surface area contributed by atoms with Gasteiger partial charge in [-0.15, -0.1) is 0 Å². The highest BCUT2D eigenvalue weighted by Gasteiger charge is 2.52. The van der Waals surface area contributed by atoms with Crippen molar-refractivity contribution >= 4 is 58.0 Å². The molecule has 0 radical (unpaired) electrons. The van der Waals surface area contributed by atoms with Crippen LogP contribution in [-0.4, -0.2) is 137 Å². The lowest BCUT2D eigenvalue weighted by Gasteiger charge is -2.27. The molecule has 3 aliphatic rings. The second-order valence-corrected chi connectivity index (χ2v) is 17.5. The molecule has 312 valence electrons. The fraction of sp³-hybridized carbons (Fsp3) is 0.640. The van der Waals surface area contributed by atoms with Gasteiger partial charge >= 0.3 is 23.5 Å². The lowest BCUT2D eigenvalue weighted by molar-refractivity contribution is -0.0776. The summed E-state index contributed by atoms with van der Waals surface area (Å²) in [6.45, 7) is 1.35. The van der Waals surface area contributed by atoms with Crippen LogP contribution in [0.3, 0.4) is 0 Å². The van der Waals surface area contributed by atoms with Crippen molar-refractivity contribution in [3.8, 4) is 0 Å². The average molecular weight is 861 g/mol. The molecule has 3 aliphatic heterocycles. The number of nitrogens with one attached hydrogen (secondary N) is 2. The van der Waals surface area contributed by atoms with E-state index in [9.17, 15) is 48.2 Å². The number of nitrogen functional groups attached to an aromatic ring is 2. The Balaban J connectivity index is 1.07. The highest BCUT2D eigenvalue weighted by atomic mass is 31.3. The summed E-state index contributed by atoms with van der Waals surface area (Å²) in [7, 11) is -14.5. The molecule has 0 aromatic carbocycles. The topological polar surface area (TPSA) is 394 Å². The van der Waals surface area contributed by atoms with Gasteiger partial charge in [0, 0.05) is 14.2 Å². The van der Waals surface area contributed by atoms with Crippen LogP contribution in [0.4, 0.5) is 23.4 Å². The number of aliphatic hydroxyl groups is 2. The van der Waals surface area contributed by atoms with E-state index in [1.807, 2.05) is 0 Å². The summed E-state index contributed by atoms with van der Waals surface area (Å²) in [5.41, 5.74) is 9.98. The van der Waals surface area contributed by atoms with E-state index in [0.717, 1.165) is 10.9 Å². The minimum absolute atomic E-state index is 0.00688. The first-order valence-corrected chi connectivity index (χ1v) is 20.7. The third-order valence-electron chi connectivity index (χ3n) is 8.48. The van der Waals surface area contributed by atoms with Gasteiger partial charge in [-0.25, -0.2) is 18.7 Å². The zero-order valence-corrected chi connectivity index (χ0v) is 32.3. The Labute approximate surface area is 314 Å². The fourth-order valence-corrected chi connectivity index (χ4v) is 9.86. The minimum atomic E-state index is -5.96. The maximum atomic E-state index is 12.8. The molecular weight excluding hydrogens is 821 g/mol. The van der Waals surface area contributed by atoms with E-state index in [0.29, 0.717) is 0 Å². The number of rotatable bonds is 15. The Kier molecular flexibility index (Phi) is 11.9. The van der Waals surface area contributed by atoms with Gasteiger partial charge in [-0.2, -0.15) is 18.6 Å². The van der Waals surface area contributed by atoms with Gasteiger partial charge in [0.25, 0.3) is 11.1 Å². The number of nitrogens with two attached hydrogens (primary N) is 2. The quantitative estimate of drug-likeness (QED) is 0.0732. The molecular formula is C25H39N10O18P3. The molecule has 2 fully saturated rings. The summed E-state index contributed by atoms with van der Waals surface area (Å²) in [6.07, 6.45) is -10.3. The van der Waals surface area contributed by atoms with Crippen molar-refractivity contribution in [2.24, 2.45) is 0 Å². The summed E-state index contributed by atoms with van der Waals surface area (Å²) in [4.78, 5) is 75.0. The second kappa shape index (κ2) is 15.7. The molecule has 3 aromatic rings. The molecule has 11 atom stereocenters. The Morgan fingerprint density at radius 2 is 1.45 bits per heavy atom. The Hall–Kier alpha value is -3.40. The molecule has 3 aromatic heterocycles. The van der Waals surface area contributed by atoms with Gasteiger partial charge in [0.15, 0.2) is 29.4 Å². The molecule has 0 saturated carbocycles. The van der Waals surface area contributed by atoms with E-state index in [-0.39, 0.29) is 41.2 Å². The Morgan fingerprint density at radius 1 is 0.893 bits per heavy atom. The van der Waals surface area contributed by atoms with Crippen LogP contribution in [0.2, 0.25) is 0 Å². The molecule has 56 heavy (non-hydrogen) atoms. The lowest BCUT2D eigenvalue weighted by Crippen LogP contribution is -2.46. The normalized spacial score (nSPS) is 29.8. The second-order valence-electron chi connectivity index (χ2n) is 12.8. The molecule has 0 bridgehead atoms. The summed E-state index contributed by atoms with van der Waals surface area (Å²) < 4.78 is 80.0. The van der Waals surface area contributed by atoms with Gasteiger partial charge in [-0.1, -0.05) is 0 Å². The number of hydrogen-bond donors (Lipinski definition) is 9. The van der Waals surface area contributed by atoms with Gasteiger partial charge in [0.05, 0.1) is 32.3 Å². The van der Waals surface area contributed by atoms with Crippen LogP contribution in [0, 0.1) is 0 Å². The lowest BCUT2D eigenvalue weighted by atomic mass is 10.1. The fourth-order valence-electron chi connectivity index (χ4n) is 6.34. The number of anilines is 4. The number of phosphoric ester groups is 2. The third kappa shape index (κ3) is 8.70. The SMILES string of the molecule is CO[C@@H]1C(O)[C@H](N2CN(C)c3c2nc(N)[nH]c3=O)O[C@@H]1COP(=O)(O)OP(=O)(O)OP(=O)(O)OC[C@H]1O[C@@H](n2cnc3c(=O)[nH]c(N)nc32)[C@@H](O)C1OC(C)C. The van der Waals surface area contributed by atoms with E-state index in [4.69, 9.17) is 39.5 Å². The molecule has 31 heteroatoms. The van der Waals surface area contributed by atoms with E-state index in [1.165, 1.54) is 16.9 Å². The molecule has 0 aliphatic carbocycles. The van der Waals surface area contributed by atoms with Crippen LogP contribution in [0.1, 0.15) is 20.1 Å². The molecule has 11 N–H and O–H groups in total. The zero-order chi connectivity index (χ0) is 41.1. The summed E-state index contributed by atoms with van der Waals surface area (Å²) in [6, 6.07) is 0. The summed E-state index contributed by atoms with van der Waals surface area (Å²) in [5.74, 6) is -0.424. The maximum Gasteiger partial charge on any atom is 0.490 e. The van der Waals surface area contributed by atoms with Crippen molar-refractivity contribution in [1.29, 1.82) is 0 Å². The van der Waals surface area contributed by atoms with Crippen molar-refractivity contribution in [3.05, 3.63) is 27.0 Å². The van der Waals surface area contributed by atoms with E-state index >= 15 is 0 Å².